The third-order valence-corrected chi connectivity index (χ3v) is 5.63. The molecule has 0 aliphatic carbocycles. The first-order chi connectivity index (χ1) is 15.0. The first-order valence-electron chi connectivity index (χ1n) is 11.2. The molecular formula is C28H34N2O. The van der Waals surface area contributed by atoms with Gasteiger partial charge in [0.05, 0.1) is 6.54 Å². The summed E-state index contributed by atoms with van der Waals surface area (Å²) in [5.74, 6) is 0.679. The van der Waals surface area contributed by atoms with Gasteiger partial charge in [-0.3, -0.25) is 4.79 Å². The number of nitrogens with one attached hydrogen (secondary N) is 2. The number of para-hydroxylation sites is 1. The highest BCUT2D eigenvalue weighted by molar-refractivity contribution is 5.94. The Morgan fingerprint density at radius 1 is 0.742 bits per heavy atom. The molecule has 3 rings (SSSR count). The second-order valence-electron chi connectivity index (χ2n) is 8.70. The summed E-state index contributed by atoms with van der Waals surface area (Å²) in [7, 11) is 0. The molecule has 0 saturated carbocycles. The van der Waals surface area contributed by atoms with Gasteiger partial charge in [-0.1, -0.05) is 107 Å². The van der Waals surface area contributed by atoms with E-state index < -0.39 is 0 Å². The quantitative estimate of drug-likeness (QED) is 0.423. The fourth-order valence-corrected chi connectivity index (χ4v) is 3.94. The van der Waals surface area contributed by atoms with Crippen molar-refractivity contribution in [3.8, 4) is 0 Å². The number of amides is 1. The molecule has 162 valence electrons. The largest absolute Gasteiger partial charge is 0.324 e. The molecule has 3 aromatic rings. The van der Waals surface area contributed by atoms with Crippen LogP contribution in [0.3, 0.4) is 0 Å². The highest BCUT2D eigenvalue weighted by atomic mass is 16.1. The highest BCUT2D eigenvalue weighted by Crippen LogP contribution is 2.32. The van der Waals surface area contributed by atoms with Crippen LogP contribution in [0.15, 0.2) is 78.9 Å². The van der Waals surface area contributed by atoms with Gasteiger partial charge in [0.15, 0.2) is 0 Å². The van der Waals surface area contributed by atoms with Crippen molar-refractivity contribution in [3.63, 3.8) is 0 Å². The minimum atomic E-state index is -0.0102. The minimum Gasteiger partial charge on any atom is -0.324 e. The predicted molar refractivity (Wildman–Crippen MR) is 131 cm³/mol. The molecule has 1 amide bonds. The van der Waals surface area contributed by atoms with Gasteiger partial charge in [-0.15, -0.1) is 0 Å². The van der Waals surface area contributed by atoms with Gasteiger partial charge in [0, 0.05) is 11.7 Å². The van der Waals surface area contributed by atoms with E-state index in [2.05, 4.69) is 92.9 Å². The Bertz CT molecular complexity index is 939. The molecule has 0 aromatic heterocycles. The van der Waals surface area contributed by atoms with Crippen molar-refractivity contribution in [2.24, 2.45) is 0 Å². The van der Waals surface area contributed by atoms with E-state index in [-0.39, 0.29) is 18.5 Å². The number of hydrogen-bond donors (Lipinski definition) is 2. The maximum Gasteiger partial charge on any atom is 0.238 e. The molecule has 0 aliphatic rings. The van der Waals surface area contributed by atoms with Crippen molar-refractivity contribution in [1.82, 2.24) is 5.32 Å². The normalized spacial score (nSPS) is 12.2. The summed E-state index contributed by atoms with van der Waals surface area (Å²) in [6.45, 7) is 8.92. The molecule has 2 N–H and O–H groups in total. The molecule has 0 fully saturated rings. The fourth-order valence-electron chi connectivity index (χ4n) is 3.94. The van der Waals surface area contributed by atoms with Crippen LogP contribution >= 0.6 is 0 Å². The van der Waals surface area contributed by atoms with E-state index in [9.17, 15) is 4.79 Å². The van der Waals surface area contributed by atoms with Gasteiger partial charge in [-0.05, 0) is 40.5 Å². The SMILES string of the molecule is CC(C)c1cccc(C(C)C)c1NC(=O)CNC(Cc1ccccc1)c1ccccc1. The zero-order valence-corrected chi connectivity index (χ0v) is 19.1. The zero-order valence-electron chi connectivity index (χ0n) is 19.1. The Hall–Kier alpha value is -2.91. The summed E-state index contributed by atoms with van der Waals surface area (Å²) in [5, 5.41) is 6.70. The van der Waals surface area contributed by atoms with Crippen LogP contribution in [0.1, 0.15) is 67.8 Å². The molecule has 0 saturated heterocycles. The van der Waals surface area contributed by atoms with E-state index in [0.29, 0.717) is 11.8 Å². The molecule has 3 aromatic carbocycles. The standard InChI is InChI=1S/C28H34N2O/c1-20(2)24-16-11-17-25(21(3)4)28(24)30-27(31)19-29-26(23-14-9-6-10-15-23)18-22-12-7-5-8-13-22/h5-17,20-21,26,29H,18-19H2,1-4H3,(H,30,31). The second-order valence-corrected chi connectivity index (χ2v) is 8.70. The van der Waals surface area contributed by atoms with Gasteiger partial charge >= 0.3 is 0 Å². The van der Waals surface area contributed by atoms with Crippen LogP contribution in [0.5, 0.6) is 0 Å². The summed E-state index contributed by atoms with van der Waals surface area (Å²) in [6.07, 6.45) is 0.831. The lowest BCUT2D eigenvalue weighted by molar-refractivity contribution is -0.115. The van der Waals surface area contributed by atoms with Crippen LogP contribution in [-0.2, 0) is 11.2 Å². The lowest BCUT2D eigenvalue weighted by atomic mass is 9.92. The Labute approximate surface area is 186 Å². The van der Waals surface area contributed by atoms with Crippen LogP contribution in [0.25, 0.3) is 0 Å². The molecule has 1 unspecified atom stereocenters. The van der Waals surface area contributed by atoms with E-state index >= 15 is 0 Å². The summed E-state index contributed by atoms with van der Waals surface area (Å²) >= 11 is 0. The summed E-state index contributed by atoms with van der Waals surface area (Å²) in [6, 6.07) is 27.1. The third-order valence-electron chi connectivity index (χ3n) is 5.63. The topological polar surface area (TPSA) is 41.1 Å². The third kappa shape index (κ3) is 6.28. The maximum absolute atomic E-state index is 13.0. The minimum absolute atomic E-state index is 0.0102. The summed E-state index contributed by atoms with van der Waals surface area (Å²) < 4.78 is 0. The van der Waals surface area contributed by atoms with Crippen molar-refractivity contribution in [2.45, 2.75) is 52.0 Å². The highest BCUT2D eigenvalue weighted by Gasteiger charge is 2.18. The molecule has 3 nitrogen and oxygen atoms in total. The van der Waals surface area contributed by atoms with Crippen LogP contribution in [0.2, 0.25) is 0 Å². The number of anilines is 1. The summed E-state index contributed by atoms with van der Waals surface area (Å²) in [5.41, 5.74) is 5.77. The molecule has 0 heterocycles. The predicted octanol–water partition coefficient (Wildman–Crippen LogP) is 6.45. The smallest absolute Gasteiger partial charge is 0.238 e. The number of hydrogen-bond acceptors (Lipinski definition) is 2. The molecule has 0 aliphatic heterocycles. The van der Waals surface area contributed by atoms with Crippen molar-refractivity contribution >= 4 is 11.6 Å². The Morgan fingerprint density at radius 3 is 1.84 bits per heavy atom. The van der Waals surface area contributed by atoms with Crippen LogP contribution < -0.4 is 10.6 Å². The van der Waals surface area contributed by atoms with Gasteiger partial charge < -0.3 is 10.6 Å². The van der Waals surface area contributed by atoms with E-state index in [4.69, 9.17) is 0 Å². The van der Waals surface area contributed by atoms with Crippen molar-refractivity contribution in [1.29, 1.82) is 0 Å². The molecule has 3 heteroatoms. The van der Waals surface area contributed by atoms with Crippen LogP contribution in [0, 0.1) is 0 Å². The maximum atomic E-state index is 13.0. The fraction of sp³-hybridized carbons (Fsp3) is 0.321. The first-order valence-corrected chi connectivity index (χ1v) is 11.2. The van der Waals surface area contributed by atoms with E-state index in [1.807, 2.05) is 24.3 Å². The lowest BCUT2D eigenvalue weighted by Crippen LogP contribution is -2.33. The molecule has 0 spiro atoms. The number of carbonyl (C=O) groups excluding carboxylic acids is 1. The number of rotatable bonds is 9. The molecule has 1 atom stereocenters. The molecule has 0 bridgehead atoms. The average Bonchev–Trinajstić information content (AvgIpc) is 2.77. The first kappa shape index (κ1) is 22.8. The molecular weight excluding hydrogens is 380 g/mol. The number of benzene rings is 3. The summed E-state index contributed by atoms with van der Waals surface area (Å²) in [4.78, 5) is 13.0. The van der Waals surface area contributed by atoms with E-state index in [1.54, 1.807) is 0 Å². The van der Waals surface area contributed by atoms with Crippen molar-refractivity contribution in [2.75, 3.05) is 11.9 Å². The average molecular weight is 415 g/mol. The molecule has 31 heavy (non-hydrogen) atoms. The zero-order chi connectivity index (χ0) is 22.2. The van der Waals surface area contributed by atoms with E-state index in [0.717, 1.165) is 12.1 Å². The van der Waals surface area contributed by atoms with Crippen molar-refractivity contribution in [3.05, 3.63) is 101 Å². The number of carbonyl (C=O) groups is 1. The second kappa shape index (κ2) is 10.9. The van der Waals surface area contributed by atoms with Gasteiger partial charge in [0.1, 0.15) is 0 Å². The van der Waals surface area contributed by atoms with Crippen LogP contribution in [-0.4, -0.2) is 12.5 Å². The lowest BCUT2D eigenvalue weighted by Gasteiger charge is -2.22. The Kier molecular flexibility index (Phi) is 8.02. The van der Waals surface area contributed by atoms with Gasteiger partial charge in [0.2, 0.25) is 5.91 Å². The monoisotopic (exact) mass is 414 g/mol. The van der Waals surface area contributed by atoms with Gasteiger partial charge in [-0.25, -0.2) is 0 Å². The van der Waals surface area contributed by atoms with E-state index in [1.165, 1.54) is 22.3 Å². The van der Waals surface area contributed by atoms with Crippen LogP contribution in [0.4, 0.5) is 5.69 Å². The Morgan fingerprint density at radius 2 is 1.29 bits per heavy atom. The van der Waals surface area contributed by atoms with Gasteiger partial charge in [-0.2, -0.15) is 0 Å². The van der Waals surface area contributed by atoms with Crippen molar-refractivity contribution < 1.29 is 4.79 Å². The van der Waals surface area contributed by atoms with Gasteiger partial charge in [0.25, 0.3) is 0 Å². The Balaban J connectivity index is 1.75. The molecule has 0 radical (unpaired) electrons.